The molecule has 1 aromatic carbocycles. The Morgan fingerprint density at radius 1 is 1.56 bits per heavy atom. The lowest BCUT2D eigenvalue weighted by Crippen LogP contribution is -1.99. The molecule has 0 spiro atoms. The molecule has 16 heavy (non-hydrogen) atoms. The van der Waals surface area contributed by atoms with E-state index in [0.29, 0.717) is 23.5 Å². The van der Waals surface area contributed by atoms with Gasteiger partial charge in [-0.1, -0.05) is 6.07 Å². The van der Waals surface area contributed by atoms with Gasteiger partial charge in [0.2, 0.25) is 5.89 Å². The number of oxazole rings is 1. The molecular formula is C11H11NO4. The van der Waals surface area contributed by atoms with Crippen LogP contribution in [0.5, 0.6) is 5.75 Å². The van der Waals surface area contributed by atoms with Gasteiger partial charge in [0, 0.05) is 0 Å². The van der Waals surface area contributed by atoms with E-state index >= 15 is 0 Å². The summed E-state index contributed by atoms with van der Waals surface area (Å²) in [4.78, 5) is 14.6. The highest BCUT2D eigenvalue weighted by Gasteiger charge is 2.12. The first-order valence-corrected chi connectivity index (χ1v) is 4.93. The predicted octanol–water partition coefficient (Wildman–Crippen LogP) is 1.85. The summed E-state index contributed by atoms with van der Waals surface area (Å²) in [5, 5.41) is 8.63. The van der Waals surface area contributed by atoms with Crippen molar-refractivity contribution in [3.8, 4) is 5.75 Å². The monoisotopic (exact) mass is 221 g/mol. The van der Waals surface area contributed by atoms with Gasteiger partial charge in [0.05, 0.1) is 6.61 Å². The number of hydrogen-bond donors (Lipinski definition) is 1. The lowest BCUT2D eigenvalue weighted by atomic mass is 10.3. The van der Waals surface area contributed by atoms with Crippen LogP contribution in [-0.2, 0) is 11.2 Å². The first kappa shape index (κ1) is 10.5. The maximum atomic E-state index is 10.5. The highest BCUT2D eigenvalue weighted by molar-refractivity contribution is 5.80. The second-order valence-corrected chi connectivity index (χ2v) is 3.21. The van der Waals surface area contributed by atoms with E-state index in [-0.39, 0.29) is 12.3 Å². The van der Waals surface area contributed by atoms with Gasteiger partial charge >= 0.3 is 5.97 Å². The third-order valence-corrected chi connectivity index (χ3v) is 2.03. The molecule has 1 N–H and O–H groups in total. The number of ether oxygens (including phenoxy) is 1. The molecule has 2 rings (SSSR count). The molecule has 2 aromatic rings. The normalized spacial score (nSPS) is 10.6. The molecule has 0 atom stereocenters. The van der Waals surface area contributed by atoms with Crippen LogP contribution in [0.3, 0.4) is 0 Å². The highest BCUT2D eigenvalue weighted by atomic mass is 16.5. The minimum atomic E-state index is -0.968. The smallest absolute Gasteiger partial charge is 0.312 e. The summed E-state index contributed by atoms with van der Waals surface area (Å²) in [6.07, 6.45) is -0.222. The Hall–Kier alpha value is -2.04. The fourth-order valence-corrected chi connectivity index (χ4v) is 1.45. The molecule has 0 fully saturated rings. The van der Waals surface area contributed by atoms with Crippen molar-refractivity contribution in [1.82, 2.24) is 4.98 Å². The number of fused-ring (bicyclic) bond motifs is 1. The zero-order valence-corrected chi connectivity index (χ0v) is 8.77. The average Bonchev–Trinajstić information content (AvgIpc) is 2.60. The van der Waals surface area contributed by atoms with E-state index in [2.05, 4.69) is 4.98 Å². The zero-order chi connectivity index (χ0) is 11.5. The average molecular weight is 221 g/mol. The summed E-state index contributed by atoms with van der Waals surface area (Å²) in [5.74, 6) is -0.167. The number of carboxylic acids is 1. The molecule has 0 aliphatic heterocycles. The van der Waals surface area contributed by atoms with Crippen molar-refractivity contribution in [3.05, 3.63) is 24.1 Å². The Morgan fingerprint density at radius 2 is 2.38 bits per heavy atom. The number of para-hydroxylation sites is 1. The van der Waals surface area contributed by atoms with Gasteiger partial charge in [-0.2, -0.15) is 0 Å². The molecule has 5 heteroatoms. The van der Waals surface area contributed by atoms with Crippen LogP contribution in [0, 0.1) is 0 Å². The van der Waals surface area contributed by atoms with Crippen molar-refractivity contribution in [2.45, 2.75) is 13.3 Å². The molecule has 0 saturated carbocycles. The Morgan fingerprint density at radius 3 is 3.06 bits per heavy atom. The van der Waals surface area contributed by atoms with E-state index in [1.54, 1.807) is 18.2 Å². The van der Waals surface area contributed by atoms with E-state index in [9.17, 15) is 4.79 Å². The maximum Gasteiger partial charge on any atom is 0.312 e. The van der Waals surface area contributed by atoms with Crippen LogP contribution in [-0.4, -0.2) is 22.7 Å². The molecule has 0 bridgehead atoms. The number of benzene rings is 1. The van der Waals surface area contributed by atoms with Crippen molar-refractivity contribution in [1.29, 1.82) is 0 Å². The molecule has 84 valence electrons. The summed E-state index contributed by atoms with van der Waals surface area (Å²) in [5.41, 5.74) is 1.11. The molecule has 1 aromatic heterocycles. The molecule has 0 amide bonds. The van der Waals surface area contributed by atoms with Crippen LogP contribution in [0.2, 0.25) is 0 Å². The van der Waals surface area contributed by atoms with Gasteiger partial charge in [0.25, 0.3) is 0 Å². The first-order chi connectivity index (χ1) is 7.70. The number of hydrogen-bond acceptors (Lipinski definition) is 4. The van der Waals surface area contributed by atoms with Gasteiger partial charge in [-0.15, -0.1) is 0 Å². The Bertz CT molecular complexity index is 518. The lowest BCUT2D eigenvalue weighted by Gasteiger charge is -2.01. The number of carbonyl (C=O) groups is 1. The molecule has 0 aliphatic carbocycles. The number of aromatic nitrogens is 1. The van der Waals surface area contributed by atoms with E-state index in [1.165, 1.54) is 0 Å². The minimum absolute atomic E-state index is 0.189. The van der Waals surface area contributed by atoms with E-state index < -0.39 is 5.97 Å². The first-order valence-electron chi connectivity index (χ1n) is 4.93. The predicted molar refractivity (Wildman–Crippen MR) is 56.5 cm³/mol. The summed E-state index contributed by atoms with van der Waals surface area (Å²) in [6, 6.07) is 5.29. The highest BCUT2D eigenvalue weighted by Crippen LogP contribution is 2.25. The standard InChI is InChI=1S/C11H11NO4/c1-2-15-7-4-3-5-8-11(7)12-9(16-8)6-10(13)14/h3-5H,2,6H2,1H3,(H,13,14). The summed E-state index contributed by atoms with van der Waals surface area (Å²) >= 11 is 0. The van der Waals surface area contributed by atoms with Crippen molar-refractivity contribution < 1.29 is 19.1 Å². The Labute approximate surface area is 91.7 Å². The number of aliphatic carboxylic acids is 1. The van der Waals surface area contributed by atoms with Crippen LogP contribution >= 0.6 is 0 Å². The van der Waals surface area contributed by atoms with E-state index in [4.69, 9.17) is 14.3 Å². The van der Waals surface area contributed by atoms with Gasteiger partial charge in [-0.25, -0.2) is 4.98 Å². The SMILES string of the molecule is CCOc1cccc2oc(CC(=O)O)nc12. The molecule has 0 aliphatic rings. The topological polar surface area (TPSA) is 72.6 Å². The van der Waals surface area contributed by atoms with Crippen LogP contribution in [0.1, 0.15) is 12.8 Å². The van der Waals surface area contributed by atoms with E-state index in [0.717, 1.165) is 0 Å². The molecular weight excluding hydrogens is 210 g/mol. The number of carboxylic acid groups (broad SMARTS) is 1. The molecule has 5 nitrogen and oxygen atoms in total. The van der Waals surface area contributed by atoms with Crippen LogP contribution in [0.25, 0.3) is 11.1 Å². The molecule has 0 saturated heterocycles. The van der Waals surface area contributed by atoms with Crippen molar-refractivity contribution >= 4 is 17.1 Å². The second-order valence-electron chi connectivity index (χ2n) is 3.21. The van der Waals surface area contributed by atoms with Gasteiger partial charge in [-0.05, 0) is 19.1 Å². The Kier molecular flexibility index (Phi) is 2.76. The Balaban J connectivity index is 2.43. The molecule has 0 radical (unpaired) electrons. The summed E-state index contributed by atoms with van der Waals surface area (Å²) in [7, 11) is 0. The van der Waals surface area contributed by atoms with Crippen molar-refractivity contribution in [2.24, 2.45) is 0 Å². The van der Waals surface area contributed by atoms with Crippen LogP contribution < -0.4 is 4.74 Å². The van der Waals surface area contributed by atoms with Crippen molar-refractivity contribution in [2.75, 3.05) is 6.61 Å². The lowest BCUT2D eigenvalue weighted by molar-refractivity contribution is -0.136. The van der Waals surface area contributed by atoms with Crippen molar-refractivity contribution in [3.63, 3.8) is 0 Å². The molecule has 0 unspecified atom stereocenters. The van der Waals surface area contributed by atoms with Crippen LogP contribution in [0.4, 0.5) is 0 Å². The van der Waals surface area contributed by atoms with Gasteiger partial charge in [0.1, 0.15) is 12.2 Å². The molecule has 1 heterocycles. The number of rotatable bonds is 4. The van der Waals surface area contributed by atoms with Gasteiger partial charge in [0.15, 0.2) is 11.1 Å². The largest absolute Gasteiger partial charge is 0.491 e. The third kappa shape index (κ3) is 1.98. The fraction of sp³-hybridized carbons (Fsp3) is 0.273. The zero-order valence-electron chi connectivity index (χ0n) is 8.77. The van der Waals surface area contributed by atoms with Gasteiger partial charge < -0.3 is 14.3 Å². The maximum absolute atomic E-state index is 10.5. The summed E-state index contributed by atoms with van der Waals surface area (Å²) < 4.78 is 10.7. The summed E-state index contributed by atoms with van der Waals surface area (Å²) in [6.45, 7) is 2.40. The van der Waals surface area contributed by atoms with E-state index in [1.807, 2.05) is 6.92 Å². The minimum Gasteiger partial charge on any atom is -0.491 e. The number of nitrogens with zero attached hydrogens (tertiary/aromatic N) is 1. The quantitative estimate of drug-likeness (QED) is 0.852. The second kappa shape index (κ2) is 4.22. The van der Waals surface area contributed by atoms with Crippen LogP contribution in [0.15, 0.2) is 22.6 Å². The fourth-order valence-electron chi connectivity index (χ4n) is 1.45. The van der Waals surface area contributed by atoms with Gasteiger partial charge in [-0.3, -0.25) is 4.79 Å². The third-order valence-electron chi connectivity index (χ3n) is 2.03.